The van der Waals surface area contributed by atoms with Crippen LogP contribution in [0.3, 0.4) is 0 Å². The lowest BCUT2D eigenvalue weighted by molar-refractivity contribution is -0.167. The van der Waals surface area contributed by atoms with Crippen LogP contribution in [0.1, 0.15) is 63.0 Å². The van der Waals surface area contributed by atoms with Crippen molar-refractivity contribution < 1.29 is 24.5 Å². The minimum Gasteiger partial charge on any atom is -0.391 e. The van der Waals surface area contributed by atoms with Gasteiger partial charge in [-0.05, 0) is 60.8 Å². The number of carbonyl (C=O) groups excluding carboxylic acids is 1. The monoisotopic (exact) mass is 559 g/mol. The Hall–Kier alpha value is -2.07. The average molecular weight is 560 g/mol. The molecule has 2 fully saturated rings. The summed E-state index contributed by atoms with van der Waals surface area (Å²) < 4.78 is 11.5. The lowest BCUT2D eigenvalue weighted by Gasteiger charge is -2.43. The number of methoxy groups -OCH3 is 1. The molecule has 2 aromatic rings. The predicted octanol–water partition coefficient (Wildman–Crippen LogP) is 3.86. The molecular formula is C30H42ClN3O5. The summed E-state index contributed by atoms with van der Waals surface area (Å²) in [6, 6.07) is 9.57. The molecule has 214 valence electrons. The number of aromatic nitrogens is 1. The van der Waals surface area contributed by atoms with Crippen LogP contribution in [-0.4, -0.2) is 77.7 Å². The Labute approximate surface area is 236 Å². The summed E-state index contributed by atoms with van der Waals surface area (Å²) in [6.45, 7) is 5.81. The number of pyridine rings is 1. The molecule has 39 heavy (non-hydrogen) atoms. The zero-order valence-corrected chi connectivity index (χ0v) is 23.9. The van der Waals surface area contributed by atoms with Crippen molar-refractivity contribution >= 4 is 17.5 Å². The van der Waals surface area contributed by atoms with E-state index in [4.69, 9.17) is 26.8 Å². The Kier molecular flexibility index (Phi) is 10.0. The maximum atomic E-state index is 13.4. The molecule has 1 amide bonds. The lowest BCUT2D eigenvalue weighted by atomic mass is 9.79. The van der Waals surface area contributed by atoms with Crippen LogP contribution in [0.5, 0.6) is 0 Å². The molecule has 9 heteroatoms. The van der Waals surface area contributed by atoms with Crippen LogP contribution in [-0.2, 0) is 19.9 Å². The van der Waals surface area contributed by atoms with E-state index in [0.29, 0.717) is 67.6 Å². The van der Waals surface area contributed by atoms with E-state index in [0.717, 1.165) is 17.5 Å². The van der Waals surface area contributed by atoms with E-state index < -0.39 is 23.9 Å². The zero-order chi connectivity index (χ0) is 28.2. The molecule has 0 bridgehead atoms. The van der Waals surface area contributed by atoms with E-state index >= 15 is 0 Å². The molecule has 1 saturated heterocycles. The third kappa shape index (κ3) is 6.64. The van der Waals surface area contributed by atoms with Gasteiger partial charge in [0.1, 0.15) is 16.9 Å². The van der Waals surface area contributed by atoms with Gasteiger partial charge in [0, 0.05) is 44.0 Å². The van der Waals surface area contributed by atoms with Crippen LogP contribution >= 0.6 is 11.6 Å². The molecule has 8 nitrogen and oxygen atoms in total. The minimum absolute atomic E-state index is 0.0466. The molecule has 5 atom stereocenters. The molecule has 1 aliphatic heterocycles. The number of nitrogens with two attached hydrogens (primary N) is 1. The molecule has 1 aromatic carbocycles. The van der Waals surface area contributed by atoms with Gasteiger partial charge >= 0.3 is 0 Å². The van der Waals surface area contributed by atoms with Crippen LogP contribution in [0.15, 0.2) is 36.5 Å². The molecule has 0 unspecified atom stereocenters. The smallest absolute Gasteiger partial charge is 0.226 e. The van der Waals surface area contributed by atoms with Crippen molar-refractivity contribution in [1.29, 1.82) is 0 Å². The van der Waals surface area contributed by atoms with Crippen molar-refractivity contribution in [3.8, 4) is 11.1 Å². The number of morpholine rings is 1. The first-order chi connectivity index (χ1) is 18.7. The van der Waals surface area contributed by atoms with Gasteiger partial charge in [0.2, 0.25) is 5.91 Å². The quantitative estimate of drug-likeness (QED) is 0.299. The second kappa shape index (κ2) is 13.1. The third-order valence-corrected chi connectivity index (χ3v) is 8.49. The highest BCUT2D eigenvalue weighted by Gasteiger charge is 2.46. The fourth-order valence-electron chi connectivity index (χ4n) is 5.88. The number of unbranched alkanes of at least 4 members (excludes halogenated alkanes) is 1. The topological polar surface area (TPSA) is 118 Å². The zero-order valence-electron chi connectivity index (χ0n) is 23.2. The van der Waals surface area contributed by atoms with E-state index in [2.05, 4.69) is 31.0 Å². The molecule has 2 aliphatic rings. The second-order valence-corrected chi connectivity index (χ2v) is 11.6. The Morgan fingerprint density at radius 2 is 2.10 bits per heavy atom. The predicted molar refractivity (Wildman–Crippen MR) is 151 cm³/mol. The Balaban J connectivity index is 1.70. The van der Waals surface area contributed by atoms with Gasteiger partial charge in [-0.1, -0.05) is 49.7 Å². The number of aliphatic hydroxyl groups excluding tert-OH is 1. The molecular weight excluding hydrogens is 518 g/mol. The molecule has 1 saturated carbocycles. The fraction of sp³-hybridized carbons (Fsp3) is 0.600. The van der Waals surface area contributed by atoms with Crippen molar-refractivity contribution in [3.63, 3.8) is 0 Å². The minimum atomic E-state index is -1.44. The van der Waals surface area contributed by atoms with Gasteiger partial charge < -0.3 is 30.3 Å². The van der Waals surface area contributed by atoms with Crippen molar-refractivity contribution in [1.82, 2.24) is 9.88 Å². The van der Waals surface area contributed by atoms with E-state index in [1.54, 1.807) is 18.2 Å². The van der Waals surface area contributed by atoms with E-state index in [1.807, 2.05) is 18.2 Å². The lowest BCUT2D eigenvalue weighted by Crippen LogP contribution is -2.55. The van der Waals surface area contributed by atoms with Crippen LogP contribution in [0, 0.1) is 5.92 Å². The third-order valence-electron chi connectivity index (χ3n) is 8.21. The summed E-state index contributed by atoms with van der Waals surface area (Å²) in [5.74, 6) is -0.0526. The Bertz CT molecular complexity index is 1120. The number of halogens is 1. The van der Waals surface area contributed by atoms with Gasteiger partial charge in [-0.3, -0.25) is 4.79 Å². The molecule has 2 heterocycles. The largest absolute Gasteiger partial charge is 0.391 e. The summed E-state index contributed by atoms with van der Waals surface area (Å²) in [7, 11) is 1.66. The van der Waals surface area contributed by atoms with Crippen LogP contribution in [0.2, 0.25) is 5.15 Å². The van der Waals surface area contributed by atoms with Gasteiger partial charge in [-0.2, -0.15) is 0 Å². The molecule has 1 aliphatic carbocycles. The highest BCUT2D eigenvalue weighted by atomic mass is 35.5. The summed E-state index contributed by atoms with van der Waals surface area (Å²) >= 11 is 6.73. The van der Waals surface area contributed by atoms with Gasteiger partial charge in [0.15, 0.2) is 0 Å². The number of carbonyl (C=O) groups is 1. The van der Waals surface area contributed by atoms with E-state index in [-0.39, 0.29) is 18.4 Å². The number of aliphatic hydroxyl groups is 2. The summed E-state index contributed by atoms with van der Waals surface area (Å²) in [5.41, 5.74) is 7.90. The Morgan fingerprint density at radius 1 is 1.31 bits per heavy atom. The normalized spacial score (nSPS) is 25.2. The van der Waals surface area contributed by atoms with Crippen molar-refractivity contribution in [2.45, 2.75) is 75.7 Å². The van der Waals surface area contributed by atoms with Gasteiger partial charge in [-0.15, -0.1) is 0 Å². The molecule has 0 radical (unpaired) electrons. The van der Waals surface area contributed by atoms with Gasteiger partial charge in [0.05, 0.1) is 19.3 Å². The van der Waals surface area contributed by atoms with Crippen LogP contribution < -0.4 is 5.73 Å². The Morgan fingerprint density at radius 3 is 2.79 bits per heavy atom. The van der Waals surface area contributed by atoms with Crippen molar-refractivity contribution in [2.24, 2.45) is 11.7 Å². The first-order valence-electron chi connectivity index (χ1n) is 14.0. The number of nitrogens with zero attached hydrogens (tertiary/aromatic N) is 2. The summed E-state index contributed by atoms with van der Waals surface area (Å²) in [4.78, 5) is 19.5. The standard InChI is InChI=1S/C30H42ClN3O5/c1-19(2)20-7-6-8-21(15-20)27-23(9-11-33-28(27)31)30(37,10-4-5-13-38-3)26-18-34(12-14-39-26)29(36)22-16-24(32)25(35)17-22/h6-9,11,15,19,22,24-26,35,37H,4-5,10,12-14,16-18,32H2,1-3H3/t22-,24+,25-,26+,30+/m0/s1. The highest BCUT2D eigenvalue weighted by Crippen LogP contribution is 2.43. The number of amides is 1. The first-order valence-corrected chi connectivity index (χ1v) is 14.3. The molecule has 0 spiro atoms. The average Bonchev–Trinajstić information content (AvgIpc) is 3.28. The number of benzene rings is 1. The van der Waals surface area contributed by atoms with Crippen LogP contribution in [0.25, 0.3) is 11.1 Å². The molecule has 4 N–H and O–H groups in total. The van der Waals surface area contributed by atoms with Crippen molar-refractivity contribution in [2.75, 3.05) is 33.4 Å². The maximum Gasteiger partial charge on any atom is 0.226 e. The van der Waals surface area contributed by atoms with Crippen molar-refractivity contribution in [3.05, 3.63) is 52.8 Å². The number of ether oxygens (including phenoxy) is 2. The molecule has 1 aromatic heterocycles. The first kappa shape index (κ1) is 29.9. The fourth-order valence-corrected chi connectivity index (χ4v) is 6.15. The SMILES string of the molecule is COCCCC[C@@](O)(c1ccnc(Cl)c1-c1cccc(C(C)C)c1)[C@H]1CN(C(=O)[C@H]2C[C@@H](N)[C@@H](O)C2)CCO1. The molecule has 4 rings (SSSR count). The van der Waals surface area contributed by atoms with Crippen LogP contribution in [0.4, 0.5) is 0 Å². The summed E-state index contributed by atoms with van der Waals surface area (Å²) in [6.07, 6.45) is 2.93. The highest BCUT2D eigenvalue weighted by molar-refractivity contribution is 6.32. The van der Waals surface area contributed by atoms with E-state index in [9.17, 15) is 15.0 Å². The van der Waals surface area contributed by atoms with Gasteiger partial charge in [0.25, 0.3) is 0 Å². The maximum absolute atomic E-state index is 13.4. The second-order valence-electron chi connectivity index (χ2n) is 11.2. The number of hydrogen-bond acceptors (Lipinski definition) is 7. The van der Waals surface area contributed by atoms with E-state index in [1.165, 1.54) is 0 Å². The van der Waals surface area contributed by atoms with Gasteiger partial charge in [-0.25, -0.2) is 4.98 Å². The summed E-state index contributed by atoms with van der Waals surface area (Å²) in [5, 5.41) is 23.0. The number of rotatable bonds is 10. The number of hydrogen-bond donors (Lipinski definition) is 3.